The molecule has 2 rings (SSSR count). The molecule has 0 aliphatic rings. The van der Waals surface area contributed by atoms with E-state index in [1.54, 1.807) is 0 Å². The maximum absolute atomic E-state index is 5.24. The summed E-state index contributed by atoms with van der Waals surface area (Å²) in [5.41, 5.74) is 0.978. The Morgan fingerprint density at radius 2 is 2.11 bits per heavy atom. The highest BCUT2D eigenvalue weighted by Crippen LogP contribution is 2.11. The lowest BCUT2D eigenvalue weighted by atomic mass is 10.1. The van der Waals surface area contributed by atoms with Crippen LogP contribution in [0.25, 0.3) is 0 Å². The molecule has 19 heavy (non-hydrogen) atoms. The number of anilines is 1. The highest BCUT2D eigenvalue weighted by molar-refractivity contribution is 5.23. The molecule has 0 aromatic carbocycles. The molecule has 1 N–H and O–H groups in total. The maximum Gasteiger partial charge on any atom is 0.263 e. The number of aryl methyl sites for hydroxylation is 1. The van der Waals surface area contributed by atoms with E-state index in [4.69, 9.17) is 9.05 Å². The second kappa shape index (κ2) is 6.36. The molecule has 0 spiro atoms. The van der Waals surface area contributed by atoms with Crippen molar-refractivity contribution in [2.24, 2.45) is 5.92 Å². The Labute approximate surface area is 112 Å². The molecule has 0 atom stereocenters. The van der Waals surface area contributed by atoms with Crippen LogP contribution >= 0.6 is 0 Å². The van der Waals surface area contributed by atoms with Crippen molar-refractivity contribution in [1.29, 1.82) is 0 Å². The Morgan fingerprint density at radius 1 is 1.26 bits per heavy atom. The number of hydrogen-bond donors (Lipinski definition) is 1. The van der Waals surface area contributed by atoms with Crippen molar-refractivity contribution in [1.82, 2.24) is 15.3 Å². The summed E-state index contributed by atoms with van der Waals surface area (Å²) in [5, 5.41) is 10.9. The van der Waals surface area contributed by atoms with Crippen LogP contribution in [0.15, 0.2) is 15.1 Å². The number of aromatic nitrogens is 3. The molecule has 0 saturated carbocycles. The zero-order chi connectivity index (χ0) is 13.7. The van der Waals surface area contributed by atoms with Gasteiger partial charge in [-0.05, 0) is 23.9 Å². The molecule has 2 aromatic heterocycles. The van der Waals surface area contributed by atoms with Crippen LogP contribution in [0.5, 0.6) is 0 Å². The van der Waals surface area contributed by atoms with Gasteiger partial charge in [0.15, 0.2) is 5.76 Å². The molecule has 2 aromatic rings. The molecule has 104 valence electrons. The molecule has 0 bridgehead atoms. The lowest BCUT2D eigenvalue weighted by molar-refractivity contribution is 0.373. The first-order chi connectivity index (χ1) is 9.17. The Hall–Kier alpha value is -1.85. The summed E-state index contributed by atoms with van der Waals surface area (Å²) < 4.78 is 10.3. The number of hydrogen-bond acceptors (Lipinski definition) is 6. The number of nitrogens with zero attached hydrogens (tertiary/aromatic N) is 3. The van der Waals surface area contributed by atoms with Crippen LogP contribution in [-0.2, 0) is 19.4 Å². The summed E-state index contributed by atoms with van der Waals surface area (Å²) in [6.45, 7) is 6.89. The van der Waals surface area contributed by atoms with Gasteiger partial charge < -0.3 is 14.4 Å². The van der Waals surface area contributed by atoms with Gasteiger partial charge in [-0.1, -0.05) is 25.9 Å². The molecule has 0 unspecified atom stereocenters. The van der Waals surface area contributed by atoms with Gasteiger partial charge in [-0.3, -0.25) is 0 Å². The third-order valence-corrected chi connectivity index (χ3v) is 2.58. The fourth-order valence-corrected chi connectivity index (χ4v) is 1.76. The van der Waals surface area contributed by atoms with Crippen molar-refractivity contribution in [2.75, 3.05) is 5.32 Å². The van der Waals surface area contributed by atoms with Crippen LogP contribution in [0, 0.1) is 5.92 Å². The topological polar surface area (TPSA) is 77.0 Å². The van der Waals surface area contributed by atoms with E-state index in [0.717, 1.165) is 30.7 Å². The minimum atomic E-state index is 0.491. The van der Waals surface area contributed by atoms with Gasteiger partial charge in [0.1, 0.15) is 0 Å². The van der Waals surface area contributed by atoms with Crippen LogP contribution in [0.3, 0.4) is 0 Å². The summed E-state index contributed by atoms with van der Waals surface area (Å²) >= 11 is 0. The summed E-state index contributed by atoms with van der Waals surface area (Å²) in [6.07, 6.45) is 2.71. The summed E-state index contributed by atoms with van der Waals surface area (Å²) in [4.78, 5) is 4.22. The molecule has 0 amide bonds. The molecular weight excluding hydrogens is 244 g/mol. The first-order valence-corrected chi connectivity index (χ1v) is 6.68. The highest BCUT2D eigenvalue weighted by atomic mass is 16.5. The Kier molecular flexibility index (Phi) is 4.54. The van der Waals surface area contributed by atoms with Crippen molar-refractivity contribution in [3.8, 4) is 0 Å². The van der Waals surface area contributed by atoms with Crippen LogP contribution < -0.4 is 5.32 Å². The minimum Gasteiger partial charge on any atom is -0.359 e. The molecule has 0 radical (unpaired) electrons. The highest BCUT2D eigenvalue weighted by Gasteiger charge is 2.08. The van der Waals surface area contributed by atoms with E-state index >= 15 is 0 Å². The Morgan fingerprint density at radius 3 is 2.84 bits per heavy atom. The van der Waals surface area contributed by atoms with Crippen molar-refractivity contribution in [3.63, 3.8) is 0 Å². The quantitative estimate of drug-likeness (QED) is 0.828. The van der Waals surface area contributed by atoms with Crippen LogP contribution in [0.4, 0.5) is 5.95 Å². The predicted octanol–water partition coefficient (Wildman–Crippen LogP) is 2.82. The predicted molar refractivity (Wildman–Crippen MR) is 70.7 cm³/mol. The van der Waals surface area contributed by atoms with Gasteiger partial charge in [0.2, 0.25) is 5.89 Å². The van der Waals surface area contributed by atoms with Gasteiger partial charge in [-0.25, -0.2) is 0 Å². The smallest absolute Gasteiger partial charge is 0.263 e. The summed E-state index contributed by atoms with van der Waals surface area (Å²) in [7, 11) is 0. The van der Waals surface area contributed by atoms with E-state index in [2.05, 4.69) is 41.4 Å². The SMILES string of the molecule is CCCc1nc(NCc2cc(CC(C)C)no2)no1. The number of nitrogens with one attached hydrogen (secondary N) is 1. The minimum absolute atomic E-state index is 0.491. The lowest BCUT2D eigenvalue weighted by Gasteiger charge is -1.97. The third kappa shape index (κ3) is 4.08. The maximum atomic E-state index is 5.24. The Bertz CT molecular complexity index is 504. The third-order valence-electron chi connectivity index (χ3n) is 2.58. The normalized spacial score (nSPS) is 11.2. The lowest BCUT2D eigenvalue weighted by Crippen LogP contribution is -2.00. The fourth-order valence-electron chi connectivity index (χ4n) is 1.76. The average molecular weight is 264 g/mol. The standard InChI is InChI=1S/C13H20N4O2/c1-4-5-12-15-13(17-19-12)14-8-11-7-10(16-18-11)6-9(2)3/h7,9H,4-6,8H2,1-3H3,(H,14,17). The first-order valence-electron chi connectivity index (χ1n) is 6.68. The molecule has 2 heterocycles. The fraction of sp³-hybridized carbons (Fsp3) is 0.615. The Balaban J connectivity index is 1.85. The van der Waals surface area contributed by atoms with E-state index in [9.17, 15) is 0 Å². The summed E-state index contributed by atoms with van der Waals surface area (Å²) in [6, 6.07) is 1.96. The van der Waals surface area contributed by atoms with Gasteiger partial charge in [-0.15, -0.1) is 0 Å². The average Bonchev–Trinajstić information content (AvgIpc) is 2.96. The molecule has 6 heteroatoms. The van der Waals surface area contributed by atoms with E-state index in [1.165, 1.54) is 0 Å². The van der Waals surface area contributed by atoms with E-state index < -0.39 is 0 Å². The molecule has 0 fully saturated rings. The van der Waals surface area contributed by atoms with Gasteiger partial charge in [0, 0.05) is 12.5 Å². The first kappa shape index (κ1) is 13.6. The monoisotopic (exact) mass is 264 g/mol. The van der Waals surface area contributed by atoms with E-state index in [-0.39, 0.29) is 0 Å². The van der Waals surface area contributed by atoms with Gasteiger partial charge in [0.25, 0.3) is 5.95 Å². The van der Waals surface area contributed by atoms with Crippen molar-refractivity contribution in [2.45, 2.75) is 46.6 Å². The van der Waals surface area contributed by atoms with Crippen molar-refractivity contribution < 1.29 is 9.05 Å². The number of rotatable bonds is 7. The molecule has 0 saturated heterocycles. The van der Waals surface area contributed by atoms with Crippen molar-refractivity contribution >= 4 is 5.95 Å². The molecule has 0 aliphatic heterocycles. The van der Waals surface area contributed by atoms with E-state index in [0.29, 0.717) is 24.3 Å². The van der Waals surface area contributed by atoms with Gasteiger partial charge in [-0.2, -0.15) is 4.98 Å². The van der Waals surface area contributed by atoms with Gasteiger partial charge in [0.05, 0.1) is 12.2 Å². The van der Waals surface area contributed by atoms with Gasteiger partial charge >= 0.3 is 0 Å². The van der Waals surface area contributed by atoms with Crippen LogP contribution in [-0.4, -0.2) is 15.3 Å². The zero-order valence-electron chi connectivity index (χ0n) is 11.6. The van der Waals surface area contributed by atoms with E-state index in [1.807, 2.05) is 6.07 Å². The summed E-state index contributed by atoms with van der Waals surface area (Å²) in [5.74, 6) is 2.49. The second-order valence-electron chi connectivity index (χ2n) is 5.00. The van der Waals surface area contributed by atoms with Crippen LogP contribution in [0.1, 0.15) is 44.5 Å². The largest absolute Gasteiger partial charge is 0.359 e. The second-order valence-corrected chi connectivity index (χ2v) is 5.00. The van der Waals surface area contributed by atoms with Crippen LogP contribution in [0.2, 0.25) is 0 Å². The zero-order valence-corrected chi connectivity index (χ0v) is 11.6. The molecular formula is C13H20N4O2. The molecule has 6 nitrogen and oxygen atoms in total. The molecule has 0 aliphatic carbocycles. The van der Waals surface area contributed by atoms with Crippen molar-refractivity contribution in [3.05, 3.63) is 23.4 Å².